The van der Waals surface area contributed by atoms with Crippen molar-refractivity contribution in [1.29, 1.82) is 0 Å². The molecule has 4 heteroatoms. The van der Waals surface area contributed by atoms with Crippen molar-refractivity contribution < 1.29 is 4.52 Å². The highest BCUT2D eigenvalue weighted by atomic mass is 16.5. The van der Waals surface area contributed by atoms with Crippen molar-refractivity contribution in [1.82, 2.24) is 10.1 Å². The van der Waals surface area contributed by atoms with Crippen molar-refractivity contribution >= 4 is 0 Å². The van der Waals surface area contributed by atoms with E-state index in [1.54, 1.807) is 0 Å². The minimum absolute atomic E-state index is 0.0697. The van der Waals surface area contributed by atoms with Gasteiger partial charge in [0.25, 0.3) is 0 Å². The van der Waals surface area contributed by atoms with Gasteiger partial charge in [-0.1, -0.05) is 55.8 Å². The Labute approximate surface area is 119 Å². The molecule has 2 aromatic rings. The van der Waals surface area contributed by atoms with Crippen LogP contribution >= 0.6 is 0 Å². The summed E-state index contributed by atoms with van der Waals surface area (Å²) in [6, 6.07) is 10.3. The molecule has 4 nitrogen and oxygen atoms in total. The Hall–Kier alpha value is -1.68. The highest BCUT2D eigenvalue weighted by Gasteiger charge is 2.44. The fourth-order valence-corrected chi connectivity index (χ4v) is 2.78. The van der Waals surface area contributed by atoms with E-state index >= 15 is 0 Å². The first-order valence-corrected chi connectivity index (χ1v) is 7.29. The minimum Gasteiger partial charge on any atom is -0.338 e. The topological polar surface area (TPSA) is 64.9 Å². The Bertz CT molecular complexity index is 572. The number of benzene rings is 1. The van der Waals surface area contributed by atoms with Gasteiger partial charge in [0.1, 0.15) is 0 Å². The zero-order valence-electron chi connectivity index (χ0n) is 12.0. The van der Waals surface area contributed by atoms with Crippen LogP contribution in [0.3, 0.4) is 0 Å². The second kappa shape index (κ2) is 5.02. The molecule has 1 atom stereocenters. The van der Waals surface area contributed by atoms with Gasteiger partial charge in [0.2, 0.25) is 5.89 Å². The van der Waals surface area contributed by atoms with Crippen molar-refractivity contribution in [2.45, 2.75) is 44.6 Å². The van der Waals surface area contributed by atoms with Gasteiger partial charge in [-0.25, -0.2) is 0 Å². The molecular weight excluding hydrogens is 250 g/mol. The van der Waals surface area contributed by atoms with Gasteiger partial charge in [0.05, 0.1) is 11.5 Å². The molecule has 0 aliphatic heterocycles. The van der Waals surface area contributed by atoms with Gasteiger partial charge in [-0.15, -0.1) is 0 Å². The first-order chi connectivity index (χ1) is 9.63. The third-order valence-electron chi connectivity index (χ3n) is 4.41. The van der Waals surface area contributed by atoms with E-state index < -0.39 is 0 Å². The first-order valence-electron chi connectivity index (χ1n) is 7.29. The molecule has 1 aliphatic carbocycles. The minimum atomic E-state index is -0.191. The third-order valence-corrected chi connectivity index (χ3v) is 4.41. The lowest BCUT2D eigenvalue weighted by molar-refractivity contribution is 0.267. The Kier molecular flexibility index (Phi) is 3.34. The maximum atomic E-state index is 6.10. The average molecular weight is 271 g/mol. The van der Waals surface area contributed by atoms with E-state index in [-0.39, 0.29) is 17.4 Å². The second-order valence-corrected chi connectivity index (χ2v) is 6.03. The quantitative estimate of drug-likeness (QED) is 0.927. The van der Waals surface area contributed by atoms with Crippen molar-refractivity contribution in [3.05, 3.63) is 47.6 Å². The lowest BCUT2D eigenvalue weighted by Gasteiger charge is -2.39. The van der Waals surface area contributed by atoms with Gasteiger partial charge in [0.15, 0.2) is 5.82 Å². The number of nitrogens with zero attached hydrogens (tertiary/aromatic N) is 2. The smallest absolute Gasteiger partial charge is 0.243 e. The third kappa shape index (κ3) is 2.04. The molecule has 3 rings (SSSR count). The Morgan fingerprint density at radius 3 is 2.45 bits per heavy atom. The van der Waals surface area contributed by atoms with E-state index in [1.165, 1.54) is 12.0 Å². The van der Waals surface area contributed by atoms with Crippen molar-refractivity contribution in [3.63, 3.8) is 0 Å². The summed E-state index contributed by atoms with van der Waals surface area (Å²) in [5.41, 5.74) is 7.30. The normalized spacial score (nSPS) is 18.8. The van der Waals surface area contributed by atoms with E-state index in [0.717, 1.165) is 18.7 Å². The van der Waals surface area contributed by atoms with Gasteiger partial charge < -0.3 is 10.3 Å². The zero-order chi connectivity index (χ0) is 14.2. The fraction of sp³-hybridized carbons (Fsp3) is 0.500. The van der Waals surface area contributed by atoms with E-state index in [2.05, 4.69) is 48.3 Å². The van der Waals surface area contributed by atoms with Crippen molar-refractivity contribution in [3.8, 4) is 0 Å². The van der Waals surface area contributed by atoms with Crippen LogP contribution in [0, 0.1) is 5.92 Å². The molecule has 0 radical (unpaired) electrons. The van der Waals surface area contributed by atoms with Gasteiger partial charge in [0, 0.05) is 0 Å². The second-order valence-electron chi connectivity index (χ2n) is 6.03. The average Bonchev–Trinajstić information content (AvgIpc) is 2.87. The standard InChI is InChI=1S/C16H21N3O/c1-11(2)13(17)14-18-15(19-20-14)16(9-6-10-16)12-7-4-3-5-8-12/h3-5,7-8,11,13H,6,9-10,17H2,1-2H3. The summed E-state index contributed by atoms with van der Waals surface area (Å²) >= 11 is 0. The number of hydrogen-bond donors (Lipinski definition) is 1. The molecule has 1 heterocycles. The lowest BCUT2D eigenvalue weighted by Crippen LogP contribution is -2.36. The number of rotatable bonds is 4. The highest BCUT2D eigenvalue weighted by molar-refractivity contribution is 5.35. The molecule has 1 unspecified atom stereocenters. The van der Waals surface area contributed by atoms with Crippen LogP contribution in [0.15, 0.2) is 34.9 Å². The summed E-state index contributed by atoms with van der Waals surface area (Å²) in [6.45, 7) is 4.12. The van der Waals surface area contributed by atoms with Crippen molar-refractivity contribution in [2.24, 2.45) is 11.7 Å². The molecule has 1 aliphatic rings. The molecule has 1 saturated carbocycles. The maximum absolute atomic E-state index is 6.10. The molecular formula is C16H21N3O. The molecule has 0 spiro atoms. The summed E-state index contributed by atoms with van der Waals surface area (Å²) in [7, 11) is 0. The summed E-state index contributed by atoms with van der Waals surface area (Å²) < 4.78 is 5.41. The largest absolute Gasteiger partial charge is 0.338 e. The monoisotopic (exact) mass is 271 g/mol. The molecule has 1 aromatic carbocycles. The molecule has 1 aromatic heterocycles. The van der Waals surface area contributed by atoms with Gasteiger partial charge in [-0.3, -0.25) is 0 Å². The Balaban J connectivity index is 1.95. The molecule has 1 fully saturated rings. The summed E-state index contributed by atoms with van der Waals surface area (Å²) in [5, 5.41) is 4.22. The van der Waals surface area contributed by atoms with Gasteiger partial charge in [-0.05, 0) is 24.3 Å². The summed E-state index contributed by atoms with van der Waals surface area (Å²) in [5.74, 6) is 1.63. The summed E-state index contributed by atoms with van der Waals surface area (Å²) in [4.78, 5) is 4.60. The molecule has 0 saturated heterocycles. The van der Waals surface area contributed by atoms with Crippen molar-refractivity contribution in [2.75, 3.05) is 0 Å². The van der Waals surface area contributed by atoms with E-state index in [1.807, 2.05) is 6.07 Å². The van der Waals surface area contributed by atoms with Gasteiger partial charge >= 0.3 is 0 Å². The van der Waals surface area contributed by atoms with Crippen LogP contribution in [0.4, 0.5) is 0 Å². The summed E-state index contributed by atoms with van der Waals surface area (Å²) in [6.07, 6.45) is 3.36. The highest BCUT2D eigenvalue weighted by Crippen LogP contribution is 2.47. The van der Waals surface area contributed by atoms with E-state index in [4.69, 9.17) is 10.3 Å². The van der Waals surface area contributed by atoms with Crippen LogP contribution in [0.1, 0.15) is 56.4 Å². The molecule has 0 amide bonds. The SMILES string of the molecule is CC(C)C(N)c1nc(C2(c3ccccc3)CCC2)no1. The van der Waals surface area contributed by atoms with Gasteiger partial charge in [-0.2, -0.15) is 4.98 Å². The molecule has 0 bridgehead atoms. The molecule has 106 valence electrons. The number of hydrogen-bond acceptors (Lipinski definition) is 4. The van der Waals surface area contributed by atoms with Crippen LogP contribution in [-0.2, 0) is 5.41 Å². The first kappa shape index (κ1) is 13.3. The lowest BCUT2D eigenvalue weighted by atomic mass is 9.64. The number of aromatic nitrogens is 2. The van der Waals surface area contributed by atoms with E-state index in [9.17, 15) is 0 Å². The van der Waals surface area contributed by atoms with Crippen LogP contribution < -0.4 is 5.73 Å². The predicted octanol–water partition coefficient (Wildman–Crippen LogP) is 3.20. The van der Waals surface area contributed by atoms with Crippen LogP contribution in [0.25, 0.3) is 0 Å². The number of nitrogens with two attached hydrogens (primary N) is 1. The van der Waals surface area contributed by atoms with E-state index in [0.29, 0.717) is 5.89 Å². The maximum Gasteiger partial charge on any atom is 0.243 e. The zero-order valence-corrected chi connectivity index (χ0v) is 12.0. The predicted molar refractivity (Wildman–Crippen MR) is 77.1 cm³/mol. The van der Waals surface area contributed by atoms with Crippen LogP contribution in [0.2, 0.25) is 0 Å². The molecule has 20 heavy (non-hydrogen) atoms. The molecule has 2 N–H and O–H groups in total. The Morgan fingerprint density at radius 1 is 1.20 bits per heavy atom. The fourth-order valence-electron chi connectivity index (χ4n) is 2.78. The van der Waals surface area contributed by atoms with Crippen LogP contribution in [-0.4, -0.2) is 10.1 Å². The Morgan fingerprint density at radius 2 is 1.90 bits per heavy atom. The van der Waals surface area contributed by atoms with Crippen LogP contribution in [0.5, 0.6) is 0 Å².